The van der Waals surface area contributed by atoms with Crippen LogP contribution in [0.15, 0.2) is 12.1 Å². The van der Waals surface area contributed by atoms with Crippen molar-refractivity contribution in [3.8, 4) is 17.2 Å². The summed E-state index contributed by atoms with van der Waals surface area (Å²) >= 11 is 0. The van der Waals surface area contributed by atoms with Gasteiger partial charge in [-0.1, -0.05) is 0 Å². The molecule has 1 rings (SSSR count). The third-order valence-corrected chi connectivity index (χ3v) is 1.87. The third kappa shape index (κ3) is 2.29. The molecule has 0 unspecified atom stereocenters. The quantitative estimate of drug-likeness (QED) is 0.634. The van der Waals surface area contributed by atoms with E-state index >= 15 is 0 Å². The van der Waals surface area contributed by atoms with Crippen LogP contribution >= 0.6 is 0 Å². The zero-order valence-corrected chi connectivity index (χ0v) is 8.19. The predicted molar refractivity (Wildman–Crippen MR) is 51.7 cm³/mol. The summed E-state index contributed by atoms with van der Waals surface area (Å²) < 4.78 is 4.86. The summed E-state index contributed by atoms with van der Waals surface area (Å²) in [7, 11) is 1.40. The van der Waals surface area contributed by atoms with Crippen LogP contribution in [0.2, 0.25) is 0 Å². The van der Waals surface area contributed by atoms with Crippen molar-refractivity contribution in [3.05, 3.63) is 17.7 Å². The molecule has 4 heteroatoms. The fraction of sp³-hybridized carbons (Fsp3) is 0.400. The molecule has 0 aliphatic rings. The first-order valence-corrected chi connectivity index (χ1v) is 4.31. The van der Waals surface area contributed by atoms with Crippen molar-refractivity contribution in [1.29, 1.82) is 0 Å². The Hall–Kier alpha value is -1.42. The topological polar surface area (TPSA) is 69.9 Å². The highest BCUT2D eigenvalue weighted by atomic mass is 16.5. The van der Waals surface area contributed by atoms with Gasteiger partial charge >= 0.3 is 0 Å². The summed E-state index contributed by atoms with van der Waals surface area (Å²) in [5.74, 6) is -0.303. The second-order valence-electron chi connectivity index (χ2n) is 3.22. The van der Waals surface area contributed by atoms with Crippen molar-refractivity contribution in [1.82, 2.24) is 0 Å². The van der Waals surface area contributed by atoms with Crippen molar-refractivity contribution in [2.45, 2.75) is 19.4 Å². The average molecular weight is 198 g/mol. The second kappa shape index (κ2) is 4.19. The van der Waals surface area contributed by atoms with E-state index in [-0.39, 0.29) is 17.2 Å². The molecule has 0 aliphatic carbocycles. The Morgan fingerprint density at radius 1 is 1.36 bits per heavy atom. The maximum atomic E-state index is 9.32. The first kappa shape index (κ1) is 10.7. The molecule has 0 aliphatic heterocycles. The Balaban J connectivity index is 3.03. The van der Waals surface area contributed by atoms with Crippen LogP contribution in [0.4, 0.5) is 0 Å². The first-order valence-electron chi connectivity index (χ1n) is 4.31. The van der Waals surface area contributed by atoms with Crippen LogP contribution in [0, 0.1) is 0 Å². The zero-order chi connectivity index (χ0) is 10.7. The van der Waals surface area contributed by atoms with Gasteiger partial charge in [0.2, 0.25) is 5.75 Å². The zero-order valence-electron chi connectivity index (χ0n) is 8.19. The van der Waals surface area contributed by atoms with Crippen LogP contribution in [0.5, 0.6) is 17.2 Å². The highest BCUT2D eigenvalue weighted by molar-refractivity contribution is 5.51. The summed E-state index contributed by atoms with van der Waals surface area (Å²) in [5.41, 5.74) is 0.715. The second-order valence-corrected chi connectivity index (χ2v) is 3.22. The van der Waals surface area contributed by atoms with Gasteiger partial charge in [-0.3, -0.25) is 0 Å². The summed E-state index contributed by atoms with van der Waals surface area (Å²) in [4.78, 5) is 0. The van der Waals surface area contributed by atoms with E-state index in [1.807, 2.05) is 0 Å². The highest BCUT2D eigenvalue weighted by Crippen LogP contribution is 2.36. The van der Waals surface area contributed by atoms with Gasteiger partial charge < -0.3 is 20.1 Å². The fourth-order valence-electron chi connectivity index (χ4n) is 1.26. The average Bonchev–Trinajstić information content (AvgIpc) is 2.10. The Kier molecular flexibility index (Phi) is 3.19. The molecule has 4 nitrogen and oxygen atoms in total. The van der Waals surface area contributed by atoms with Crippen LogP contribution in [0.3, 0.4) is 0 Å². The number of aliphatic hydroxyl groups excluding tert-OH is 1. The van der Waals surface area contributed by atoms with E-state index in [1.165, 1.54) is 13.2 Å². The van der Waals surface area contributed by atoms with Gasteiger partial charge in [0.1, 0.15) is 0 Å². The van der Waals surface area contributed by atoms with Gasteiger partial charge in [0, 0.05) is 0 Å². The molecule has 0 spiro atoms. The maximum Gasteiger partial charge on any atom is 0.200 e. The van der Waals surface area contributed by atoms with Crippen molar-refractivity contribution in [2.75, 3.05) is 7.11 Å². The lowest BCUT2D eigenvalue weighted by Gasteiger charge is -2.09. The monoisotopic (exact) mass is 198 g/mol. The number of benzene rings is 1. The Bertz CT molecular complexity index is 320. The van der Waals surface area contributed by atoms with E-state index in [9.17, 15) is 10.2 Å². The van der Waals surface area contributed by atoms with Gasteiger partial charge in [0.15, 0.2) is 11.5 Å². The molecule has 3 N–H and O–H groups in total. The van der Waals surface area contributed by atoms with Gasteiger partial charge in [0.05, 0.1) is 13.2 Å². The number of aliphatic hydroxyl groups is 1. The number of phenolic OH excluding ortho intramolecular Hbond substituents is 2. The van der Waals surface area contributed by atoms with Crippen LogP contribution in [0.1, 0.15) is 12.5 Å². The van der Waals surface area contributed by atoms with Crippen LogP contribution in [0.25, 0.3) is 0 Å². The standard InChI is InChI=1S/C10H14O4/c1-6(11)3-7-4-8(12)10(13)9(5-7)14-2/h4-6,11-13H,3H2,1-2H3/t6-/m1/s1. The molecule has 0 aromatic heterocycles. The molecule has 0 amide bonds. The molecule has 1 atom stereocenters. The number of hydrogen-bond donors (Lipinski definition) is 3. The Morgan fingerprint density at radius 2 is 2.00 bits per heavy atom. The van der Waals surface area contributed by atoms with Crippen molar-refractivity contribution < 1.29 is 20.1 Å². The van der Waals surface area contributed by atoms with Gasteiger partial charge in [-0.25, -0.2) is 0 Å². The van der Waals surface area contributed by atoms with Crippen molar-refractivity contribution >= 4 is 0 Å². The molecular formula is C10H14O4. The lowest BCUT2D eigenvalue weighted by atomic mass is 10.1. The molecule has 0 heterocycles. The predicted octanol–water partition coefficient (Wildman–Crippen LogP) is 1.03. The summed E-state index contributed by atoms with van der Waals surface area (Å²) in [6.07, 6.45) is -0.0897. The Morgan fingerprint density at radius 3 is 2.50 bits per heavy atom. The Labute approximate surface area is 82.4 Å². The maximum absolute atomic E-state index is 9.32. The van der Waals surface area contributed by atoms with E-state index in [1.54, 1.807) is 13.0 Å². The van der Waals surface area contributed by atoms with Gasteiger partial charge in [-0.05, 0) is 31.0 Å². The van der Waals surface area contributed by atoms with Crippen LogP contribution in [-0.4, -0.2) is 28.5 Å². The van der Waals surface area contributed by atoms with Crippen LogP contribution < -0.4 is 4.74 Å². The van der Waals surface area contributed by atoms with Crippen molar-refractivity contribution in [3.63, 3.8) is 0 Å². The molecule has 1 aromatic rings. The lowest BCUT2D eigenvalue weighted by Crippen LogP contribution is -2.04. The molecule has 0 bridgehead atoms. The van der Waals surface area contributed by atoms with E-state index in [2.05, 4.69) is 0 Å². The number of methoxy groups -OCH3 is 1. The molecule has 14 heavy (non-hydrogen) atoms. The van der Waals surface area contributed by atoms with Crippen molar-refractivity contribution in [2.24, 2.45) is 0 Å². The summed E-state index contributed by atoms with van der Waals surface area (Å²) in [5, 5.41) is 27.8. The molecule has 0 saturated carbocycles. The first-order chi connectivity index (χ1) is 6.54. The number of ether oxygens (including phenoxy) is 1. The molecule has 1 aromatic carbocycles. The minimum Gasteiger partial charge on any atom is -0.504 e. The largest absolute Gasteiger partial charge is 0.504 e. The molecule has 0 fully saturated rings. The molecular weight excluding hydrogens is 184 g/mol. The molecule has 78 valence electrons. The lowest BCUT2D eigenvalue weighted by molar-refractivity contribution is 0.195. The number of aromatic hydroxyl groups is 2. The van der Waals surface area contributed by atoms with E-state index in [0.717, 1.165) is 0 Å². The minimum absolute atomic E-state index is 0.209. The third-order valence-electron chi connectivity index (χ3n) is 1.87. The number of rotatable bonds is 3. The van der Waals surface area contributed by atoms with E-state index in [4.69, 9.17) is 9.84 Å². The van der Waals surface area contributed by atoms with Gasteiger partial charge in [-0.15, -0.1) is 0 Å². The molecule has 0 radical (unpaired) electrons. The van der Waals surface area contributed by atoms with Crippen LogP contribution in [-0.2, 0) is 6.42 Å². The highest BCUT2D eigenvalue weighted by Gasteiger charge is 2.10. The van der Waals surface area contributed by atoms with E-state index < -0.39 is 6.10 Å². The minimum atomic E-state index is -0.497. The summed E-state index contributed by atoms with van der Waals surface area (Å²) in [6, 6.07) is 2.99. The van der Waals surface area contributed by atoms with E-state index in [0.29, 0.717) is 12.0 Å². The fourth-order valence-corrected chi connectivity index (χ4v) is 1.26. The normalized spacial score (nSPS) is 12.5. The summed E-state index contributed by atoms with van der Waals surface area (Å²) in [6.45, 7) is 1.65. The van der Waals surface area contributed by atoms with Gasteiger partial charge in [-0.2, -0.15) is 0 Å². The smallest absolute Gasteiger partial charge is 0.200 e. The molecule has 0 saturated heterocycles. The number of phenols is 2. The SMILES string of the molecule is COc1cc(C[C@@H](C)O)cc(O)c1O. The van der Waals surface area contributed by atoms with Gasteiger partial charge in [0.25, 0.3) is 0 Å². The number of hydrogen-bond acceptors (Lipinski definition) is 4.